The Labute approximate surface area is 130 Å². The fourth-order valence-corrected chi connectivity index (χ4v) is 3.44. The van der Waals surface area contributed by atoms with Crippen LogP contribution in [0.1, 0.15) is 43.7 Å². The van der Waals surface area contributed by atoms with Crippen molar-refractivity contribution in [2.75, 3.05) is 6.54 Å². The van der Waals surface area contributed by atoms with Crippen LogP contribution in [0.4, 0.5) is 0 Å². The molecule has 108 valence electrons. The highest BCUT2D eigenvalue weighted by molar-refractivity contribution is 7.15. The first-order valence-corrected chi connectivity index (χ1v) is 8.27. The van der Waals surface area contributed by atoms with Crippen LogP contribution in [0.2, 0.25) is 5.02 Å². The molecule has 20 heavy (non-hydrogen) atoms. The van der Waals surface area contributed by atoms with Crippen LogP contribution in [-0.4, -0.2) is 11.5 Å². The lowest BCUT2D eigenvalue weighted by atomic mass is 10.1. The van der Waals surface area contributed by atoms with Crippen LogP contribution in [0.25, 0.3) is 10.6 Å². The van der Waals surface area contributed by atoms with Gasteiger partial charge in [-0.1, -0.05) is 44.5 Å². The zero-order valence-electron chi connectivity index (χ0n) is 12.2. The van der Waals surface area contributed by atoms with E-state index in [1.165, 1.54) is 10.6 Å². The highest BCUT2D eigenvalue weighted by Gasteiger charge is 2.15. The number of halogens is 1. The molecule has 0 saturated carbocycles. The maximum Gasteiger partial charge on any atom is 0.123 e. The van der Waals surface area contributed by atoms with Gasteiger partial charge in [-0.2, -0.15) is 0 Å². The fraction of sp³-hybridized carbons (Fsp3) is 0.438. The summed E-state index contributed by atoms with van der Waals surface area (Å²) in [5.74, 6) is 0.442. The van der Waals surface area contributed by atoms with E-state index in [1.54, 1.807) is 11.3 Å². The number of aromatic nitrogens is 1. The third-order valence-electron chi connectivity index (χ3n) is 3.06. The van der Waals surface area contributed by atoms with E-state index in [0.29, 0.717) is 5.92 Å². The molecule has 2 aromatic rings. The van der Waals surface area contributed by atoms with E-state index in [0.717, 1.165) is 35.1 Å². The Hall–Kier alpha value is -0.900. The number of thiazole rings is 1. The van der Waals surface area contributed by atoms with Crippen molar-refractivity contribution in [2.24, 2.45) is 0 Å². The zero-order valence-corrected chi connectivity index (χ0v) is 13.8. The Bertz CT molecular complexity index is 563. The third kappa shape index (κ3) is 3.81. The van der Waals surface area contributed by atoms with Gasteiger partial charge in [0.2, 0.25) is 0 Å². The van der Waals surface area contributed by atoms with Crippen molar-refractivity contribution in [1.29, 1.82) is 0 Å². The SMILES string of the molecule is CCCNCc1sc(-c2cccc(Cl)c2)nc1C(C)C. The van der Waals surface area contributed by atoms with Crippen LogP contribution < -0.4 is 5.32 Å². The largest absolute Gasteiger partial charge is 0.312 e. The molecule has 1 heterocycles. The Kier molecular flexibility index (Phi) is 5.58. The first-order chi connectivity index (χ1) is 9.61. The number of nitrogens with one attached hydrogen (secondary N) is 1. The molecule has 4 heteroatoms. The van der Waals surface area contributed by atoms with Crippen LogP contribution in [0.3, 0.4) is 0 Å². The topological polar surface area (TPSA) is 24.9 Å². The van der Waals surface area contributed by atoms with Gasteiger partial charge in [-0.15, -0.1) is 11.3 Å². The van der Waals surface area contributed by atoms with E-state index in [-0.39, 0.29) is 0 Å². The predicted molar refractivity (Wildman–Crippen MR) is 88.6 cm³/mol. The van der Waals surface area contributed by atoms with Gasteiger partial charge in [-0.25, -0.2) is 4.98 Å². The molecule has 2 nitrogen and oxygen atoms in total. The summed E-state index contributed by atoms with van der Waals surface area (Å²) in [6.45, 7) is 8.52. The summed E-state index contributed by atoms with van der Waals surface area (Å²) in [5, 5.41) is 5.29. The first kappa shape index (κ1) is 15.5. The van der Waals surface area contributed by atoms with Crippen molar-refractivity contribution in [2.45, 2.75) is 39.7 Å². The molecule has 2 rings (SSSR count). The van der Waals surface area contributed by atoms with Crippen molar-refractivity contribution in [3.05, 3.63) is 39.9 Å². The molecule has 0 spiro atoms. The predicted octanol–water partition coefficient (Wildman–Crippen LogP) is 5.09. The van der Waals surface area contributed by atoms with Gasteiger partial charge in [0.1, 0.15) is 5.01 Å². The number of rotatable bonds is 6. The maximum atomic E-state index is 6.07. The van der Waals surface area contributed by atoms with E-state index >= 15 is 0 Å². The first-order valence-electron chi connectivity index (χ1n) is 7.08. The summed E-state index contributed by atoms with van der Waals surface area (Å²) in [5.41, 5.74) is 2.31. The van der Waals surface area contributed by atoms with Gasteiger partial charge in [0.05, 0.1) is 5.69 Å². The Morgan fingerprint density at radius 3 is 2.80 bits per heavy atom. The molecule has 1 aromatic carbocycles. The lowest BCUT2D eigenvalue weighted by Gasteiger charge is -2.05. The lowest BCUT2D eigenvalue weighted by molar-refractivity contribution is 0.670. The van der Waals surface area contributed by atoms with Gasteiger partial charge < -0.3 is 5.32 Å². The Morgan fingerprint density at radius 1 is 1.35 bits per heavy atom. The van der Waals surface area contributed by atoms with Crippen molar-refractivity contribution >= 4 is 22.9 Å². The van der Waals surface area contributed by atoms with E-state index in [1.807, 2.05) is 18.2 Å². The normalized spacial score (nSPS) is 11.2. The van der Waals surface area contributed by atoms with Crippen LogP contribution >= 0.6 is 22.9 Å². The molecule has 0 radical (unpaired) electrons. The summed E-state index contributed by atoms with van der Waals surface area (Å²) >= 11 is 7.84. The van der Waals surface area contributed by atoms with Crippen LogP contribution in [0.5, 0.6) is 0 Å². The van der Waals surface area contributed by atoms with Crippen molar-refractivity contribution < 1.29 is 0 Å². The molecule has 0 atom stereocenters. The van der Waals surface area contributed by atoms with Crippen LogP contribution in [-0.2, 0) is 6.54 Å². The Balaban J connectivity index is 2.28. The highest BCUT2D eigenvalue weighted by atomic mass is 35.5. The molecule has 0 fully saturated rings. The highest BCUT2D eigenvalue weighted by Crippen LogP contribution is 2.32. The molecule has 1 aromatic heterocycles. The number of benzene rings is 1. The average Bonchev–Trinajstić information content (AvgIpc) is 2.83. The minimum atomic E-state index is 0.442. The number of hydrogen-bond acceptors (Lipinski definition) is 3. The van der Waals surface area contributed by atoms with Crippen LogP contribution in [0, 0.1) is 0 Å². The van der Waals surface area contributed by atoms with Gasteiger partial charge in [-0.05, 0) is 31.0 Å². The molecule has 0 saturated heterocycles. The quantitative estimate of drug-likeness (QED) is 0.752. The summed E-state index contributed by atoms with van der Waals surface area (Å²) in [6.07, 6.45) is 1.15. The minimum Gasteiger partial charge on any atom is -0.312 e. The molecule has 0 unspecified atom stereocenters. The molecule has 1 N–H and O–H groups in total. The zero-order chi connectivity index (χ0) is 14.5. The second-order valence-corrected chi connectivity index (χ2v) is 6.69. The van der Waals surface area contributed by atoms with E-state index < -0.39 is 0 Å². The molecule has 0 aliphatic rings. The van der Waals surface area contributed by atoms with Gasteiger partial charge in [0, 0.05) is 22.0 Å². The Morgan fingerprint density at radius 2 is 2.15 bits per heavy atom. The van der Waals surface area contributed by atoms with Crippen molar-refractivity contribution in [3.63, 3.8) is 0 Å². The molecule has 0 aliphatic carbocycles. The second-order valence-electron chi connectivity index (χ2n) is 5.17. The van der Waals surface area contributed by atoms with Crippen molar-refractivity contribution in [1.82, 2.24) is 10.3 Å². The third-order valence-corrected chi connectivity index (χ3v) is 4.41. The fourth-order valence-electron chi connectivity index (χ4n) is 2.06. The molecule has 0 bridgehead atoms. The van der Waals surface area contributed by atoms with Gasteiger partial charge >= 0.3 is 0 Å². The van der Waals surface area contributed by atoms with Gasteiger partial charge in [0.25, 0.3) is 0 Å². The molecule has 0 amide bonds. The molecule has 0 aliphatic heterocycles. The van der Waals surface area contributed by atoms with Gasteiger partial charge in [0.15, 0.2) is 0 Å². The van der Waals surface area contributed by atoms with E-state index in [2.05, 4.69) is 32.2 Å². The standard InChI is InChI=1S/C16H21ClN2S/c1-4-8-18-10-14-15(11(2)3)19-16(20-14)12-6-5-7-13(17)9-12/h5-7,9,11,18H,4,8,10H2,1-3H3. The average molecular weight is 309 g/mol. The minimum absolute atomic E-state index is 0.442. The summed E-state index contributed by atoms with van der Waals surface area (Å²) in [6, 6.07) is 7.92. The van der Waals surface area contributed by atoms with Crippen molar-refractivity contribution in [3.8, 4) is 10.6 Å². The smallest absolute Gasteiger partial charge is 0.123 e. The maximum absolute atomic E-state index is 6.07. The molecular formula is C16H21ClN2S. The summed E-state index contributed by atoms with van der Waals surface area (Å²) in [4.78, 5) is 6.16. The second kappa shape index (κ2) is 7.21. The van der Waals surface area contributed by atoms with Gasteiger partial charge in [-0.3, -0.25) is 0 Å². The summed E-state index contributed by atoms with van der Waals surface area (Å²) < 4.78 is 0. The molecular weight excluding hydrogens is 288 g/mol. The number of hydrogen-bond donors (Lipinski definition) is 1. The summed E-state index contributed by atoms with van der Waals surface area (Å²) in [7, 11) is 0. The lowest BCUT2D eigenvalue weighted by Crippen LogP contribution is -2.14. The van der Waals surface area contributed by atoms with E-state index in [4.69, 9.17) is 16.6 Å². The monoisotopic (exact) mass is 308 g/mol. The van der Waals surface area contributed by atoms with Crippen LogP contribution in [0.15, 0.2) is 24.3 Å². The van der Waals surface area contributed by atoms with E-state index in [9.17, 15) is 0 Å². The number of nitrogens with zero attached hydrogens (tertiary/aromatic N) is 1.